The second-order valence-electron chi connectivity index (χ2n) is 10.7. The van der Waals surface area contributed by atoms with Crippen LogP contribution < -0.4 is 0 Å². The van der Waals surface area contributed by atoms with Crippen molar-refractivity contribution < 1.29 is 35.1 Å². The third-order valence-electron chi connectivity index (χ3n) is 9.63. The van der Waals surface area contributed by atoms with Gasteiger partial charge in [-0.15, -0.1) is 0 Å². The molecule has 4 aliphatic rings. The van der Waals surface area contributed by atoms with Crippen LogP contribution in [0.4, 0.5) is 0 Å². The Balaban J connectivity index is 1.90. The van der Waals surface area contributed by atoms with E-state index in [1.807, 2.05) is 6.08 Å². The predicted molar refractivity (Wildman–Crippen MR) is 108 cm³/mol. The van der Waals surface area contributed by atoms with Crippen molar-refractivity contribution in [2.24, 2.45) is 16.7 Å². The van der Waals surface area contributed by atoms with Gasteiger partial charge in [0.1, 0.15) is 22.9 Å². The van der Waals surface area contributed by atoms with Crippen LogP contribution >= 0.6 is 0 Å². The van der Waals surface area contributed by atoms with Crippen molar-refractivity contribution in [2.75, 3.05) is 0 Å². The second kappa shape index (κ2) is 6.51. The lowest BCUT2D eigenvalue weighted by molar-refractivity contribution is -0.326. The zero-order valence-corrected chi connectivity index (χ0v) is 18.4. The summed E-state index contributed by atoms with van der Waals surface area (Å²) in [6.45, 7) is 6.47. The number of esters is 1. The van der Waals surface area contributed by atoms with Crippen LogP contribution in [0.3, 0.4) is 0 Å². The van der Waals surface area contributed by atoms with Crippen molar-refractivity contribution in [3.63, 3.8) is 0 Å². The van der Waals surface area contributed by atoms with E-state index in [1.165, 1.54) is 13.8 Å². The first-order chi connectivity index (χ1) is 13.8. The van der Waals surface area contributed by atoms with Gasteiger partial charge in [0, 0.05) is 12.8 Å². The van der Waals surface area contributed by atoms with Crippen molar-refractivity contribution >= 4 is 5.97 Å². The molecule has 0 aliphatic heterocycles. The first-order valence-electron chi connectivity index (χ1n) is 11.2. The molecule has 3 fully saturated rings. The molecule has 0 saturated heterocycles. The number of hydrogen-bond acceptors (Lipinski definition) is 7. The molecule has 0 spiro atoms. The van der Waals surface area contributed by atoms with Crippen molar-refractivity contribution in [3.8, 4) is 0 Å². The van der Waals surface area contributed by atoms with Crippen molar-refractivity contribution in [1.29, 1.82) is 0 Å². The standard InChI is InChI=1S/C23H36O7/c1-13(24)21(27)9-10-23(29)20(21,4)18(30-14(2)25)12-17-19(3)7-6-16(26)11-15(19)5-8-22(17,23)28/h5,13,16-18,24,26-29H,6-12H2,1-4H3/t13-,16-,17+,18+,19-,20+,21+,22-,23+/m0/s1. The van der Waals surface area contributed by atoms with E-state index in [0.717, 1.165) is 5.57 Å². The van der Waals surface area contributed by atoms with E-state index < -0.39 is 57.8 Å². The molecular weight excluding hydrogens is 388 g/mol. The highest BCUT2D eigenvalue weighted by Gasteiger charge is 2.81. The molecule has 0 heterocycles. The monoisotopic (exact) mass is 424 g/mol. The molecule has 170 valence electrons. The normalized spacial score (nSPS) is 53.8. The van der Waals surface area contributed by atoms with Crippen molar-refractivity contribution in [3.05, 3.63) is 11.6 Å². The molecule has 0 aromatic carbocycles. The maximum atomic E-state index is 12.2. The summed E-state index contributed by atoms with van der Waals surface area (Å²) in [6, 6.07) is 0. The Morgan fingerprint density at radius 2 is 1.87 bits per heavy atom. The van der Waals surface area contributed by atoms with E-state index in [1.54, 1.807) is 6.92 Å². The van der Waals surface area contributed by atoms with Crippen molar-refractivity contribution in [2.45, 2.75) is 108 Å². The van der Waals surface area contributed by atoms with E-state index in [2.05, 4.69) is 6.92 Å². The zero-order valence-electron chi connectivity index (χ0n) is 18.4. The molecular formula is C23H36O7. The molecule has 7 heteroatoms. The van der Waals surface area contributed by atoms with E-state index in [-0.39, 0.29) is 25.7 Å². The number of ether oxygens (including phenoxy) is 1. The van der Waals surface area contributed by atoms with Gasteiger partial charge in [-0.3, -0.25) is 4.79 Å². The molecule has 7 nitrogen and oxygen atoms in total. The molecule has 4 aliphatic carbocycles. The summed E-state index contributed by atoms with van der Waals surface area (Å²) in [7, 11) is 0. The average Bonchev–Trinajstić information content (AvgIpc) is 2.88. The number of fused-ring (bicyclic) bond motifs is 5. The van der Waals surface area contributed by atoms with E-state index in [4.69, 9.17) is 4.74 Å². The van der Waals surface area contributed by atoms with Crippen LogP contribution in [0.2, 0.25) is 0 Å². The molecule has 0 unspecified atom stereocenters. The van der Waals surface area contributed by atoms with Gasteiger partial charge in [0.15, 0.2) is 0 Å². The van der Waals surface area contributed by atoms with Gasteiger partial charge in [0.05, 0.1) is 17.6 Å². The zero-order chi connectivity index (χ0) is 22.3. The summed E-state index contributed by atoms with van der Waals surface area (Å²) in [6.07, 6.45) is 1.95. The van der Waals surface area contributed by atoms with Crippen LogP contribution in [0.25, 0.3) is 0 Å². The van der Waals surface area contributed by atoms with Crippen LogP contribution in [-0.4, -0.2) is 66.6 Å². The summed E-state index contributed by atoms with van der Waals surface area (Å²) >= 11 is 0. The number of rotatable bonds is 2. The lowest BCUT2D eigenvalue weighted by atomic mass is 9.42. The van der Waals surface area contributed by atoms with Gasteiger partial charge in [-0.2, -0.15) is 0 Å². The topological polar surface area (TPSA) is 127 Å². The van der Waals surface area contributed by atoms with Gasteiger partial charge in [0.2, 0.25) is 0 Å². The molecule has 0 amide bonds. The van der Waals surface area contributed by atoms with Crippen LogP contribution in [0.5, 0.6) is 0 Å². The Kier molecular flexibility index (Phi) is 4.82. The fourth-order valence-corrected chi connectivity index (χ4v) is 7.71. The van der Waals surface area contributed by atoms with E-state index >= 15 is 0 Å². The number of aliphatic hydroxyl groups is 5. The smallest absolute Gasteiger partial charge is 0.302 e. The molecule has 30 heavy (non-hydrogen) atoms. The number of carbonyl (C=O) groups is 1. The first kappa shape index (κ1) is 22.2. The summed E-state index contributed by atoms with van der Waals surface area (Å²) in [5.41, 5.74) is -5.83. The minimum absolute atomic E-state index is 0.0937. The molecule has 4 rings (SSSR count). The molecule has 9 atom stereocenters. The second-order valence-corrected chi connectivity index (χ2v) is 10.7. The molecule has 0 aromatic heterocycles. The Morgan fingerprint density at radius 1 is 1.20 bits per heavy atom. The van der Waals surface area contributed by atoms with Gasteiger partial charge in [-0.1, -0.05) is 25.5 Å². The summed E-state index contributed by atoms with van der Waals surface area (Å²) < 4.78 is 5.71. The van der Waals surface area contributed by atoms with Gasteiger partial charge in [-0.05, 0) is 57.3 Å². The summed E-state index contributed by atoms with van der Waals surface area (Å²) in [5.74, 6) is -0.930. The molecule has 3 saturated carbocycles. The summed E-state index contributed by atoms with van der Waals surface area (Å²) in [4.78, 5) is 12.0. The highest BCUT2D eigenvalue weighted by molar-refractivity contribution is 5.66. The Morgan fingerprint density at radius 3 is 2.47 bits per heavy atom. The number of hydrogen-bond donors (Lipinski definition) is 5. The van der Waals surface area contributed by atoms with Crippen LogP contribution in [0.15, 0.2) is 11.6 Å². The fraction of sp³-hybridized carbons (Fsp3) is 0.870. The van der Waals surface area contributed by atoms with Crippen molar-refractivity contribution in [1.82, 2.24) is 0 Å². The minimum Gasteiger partial charge on any atom is -0.462 e. The largest absolute Gasteiger partial charge is 0.462 e. The maximum Gasteiger partial charge on any atom is 0.302 e. The van der Waals surface area contributed by atoms with Crippen LogP contribution in [0, 0.1) is 16.7 Å². The predicted octanol–water partition coefficient (Wildman–Crippen LogP) is 1.19. The van der Waals surface area contributed by atoms with Crippen LogP contribution in [-0.2, 0) is 9.53 Å². The highest BCUT2D eigenvalue weighted by Crippen LogP contribution is 2.71. The Labute approximate surface area is 177 Å². The van der Waals surface area contributed by atoms with Gasteiger partial charge in [0.25, 0.3) is 0 Å². The molecule has 5 N–H and O–H groups in total. The molecule has 0 bridgehead atoms. The average molecular weight is 425 g/mol. The quantitative estimate of drug-likeness (QED) is 0.333. The van der Waals surface area contributed by atoms with E-state index in [0.29, 0.717) is 19.3 Å². The molecule has 0 radical (unpaired) electrons. The number of aliphatic hydroxyl groups excluding tert-OH is 2. The van der Waals surface area contributed by atoms with Gasteiger partial charge >= 0.3 is 5.97 Å². The van der Waals surface area contributed by atoms with Gasteiger partial charge in [-0.25, -0.2) is 0 Å². The Hall–Kier alpha value is -0.990. The minimum atomic E-state index is -1.75. The number of carbonyl (C=O) groups excluding carboxylic acids is 1. The third kappa shape index (κ3) is 2.41. The lowest BCUT2D eigenvalue weighted by Crippen LogP contribution is -2.78. The van der Waals surface area contributed by atoms with Crippen LogP contribution in [0.1, 0.15) is 72.6 Å². The van der Waals surface area contributed by atoms with Gasteiger partial charge < -0.3 is 30.3 Å². The highest BCUT2D eigenvalue weighted by atomic mass is 16.5. The first-order valence-corrected chi connectivity index (χ1v) is 11.2. The summed E-state index contributed by atoms with van der Waals surface area (Å²) in [5, 5.41) is 56.5. The van der Waals surface area contributed by atoms with E-state index in [9.17, 15) is 30.3 Å². The Bertz CT molecular complexity index is 780. The SMILES string of the molecule is CC(=O)O[C@@H]1C[C@@H]2[C@@]3(C)CC[C@H](O)CC3=CC[C@@]2(O)[C@@]2(O)CC[C@@](O)([C@H](C)O)[C@@]12C. The fourth-order valence-electron chi connectivity index (χ4n) is 7.71. The lowest BCUT2D eigenvalue weighted by Gasteiger charge is -2.67. The third-order valence-corrected chi connectivity index (χ3v) is 9.63. The molecule has 0 aromatic rings. The maximum absolute atomic E-state index is 12.2.